The Labute approximate surface area is 123 Å². The Morgan fingerprint density at radius 1 is 1.38 bits per heavy atom. The second-order valence-corrected chi connectivity index (χ2v) is 6.27. The lowest BCUT2D eigenvalue weighted by molar-refractivity contribution is 0.392. The number of sulfonamides is 1. The Hall–Kier alpha value is -2.06. The molecular weight excluding hydrogens is 294 g/mol. The average molecular weight is 311 g/mol. The molecule has 2 aromatic rings. The summed E-state index contributed by atoms with van der Waals surface area (Å²) in [6, 6.07) is 4.44. The van der Waals surface area contributed by atoms with Gasteiger partial charge in [-0.25, -0.2) is 13.1 Å². The van der Waals surface area contributed by atoms with Crippen molar-refractivity contribution in [3.8, 4) is 5.75 Å². The Morgan fingerprint density at radius 2 is 2.10 bits per heavy atom. The number of rotatable bonds is 5. The Balaban J connectivity index is 2.29. The van der Waals surface area contributed by atoms with Crippen LogP contribution in [0.1, 0.15) is 17.0 Å². The van der Waals surface area contributed by atoms with Crippen molar-refractivity contribution in [2.24, 2.45) is 0 Å². The molecule has 114 valence electrons. The fraction of sp³-hybridized carbons (Fsp3) is 0.308. The smallest absolute Gasteiger partial charge is 0.244 e. The first-order valence-corrected chi connectivity index (χ1v) is 7.68. The standard InChI is InChI=1S/C13H17N3O4S/c1-8-11(9(2)20-16-8)7-15-21(17,18)13-6-10(14)4-5-12(13)19-3/h4-6,15H,7,14H2,1-3H3. The van der Waals surface area contributed by atoms with Crippen molar-refractivity contribution in [3.63, 3.8) is 0 Å². The number of benzene rings is 1. The van der Waals surface area contributed by atoms with Crippen molar-refractivity contribution in [3.05, 3.63) is 35.2 Å². The maximum absolute atomic E-state index is 12.4. The van der Waals surface area contributed by atoms with E-state index < -0.39 is 10.0 Å². The third kappa shape index (κ3) is 3.17. The number of nitrogens with one attached hydrogen (secondary N) is 1. The van der Waals surface area contributed by atoms with Crippen molar-refractivity contribution in [2.75, 3.05) is 12.8 Å². The minimum absolute atomic E-state index is 0.00300. The van der Waals surface area contributed by atoms with Crippen LogP contribution in [0.3, 0.4) is 0 Å². The maximum atomic E-state index is 12.4. The van der Waals surface area contributed by atoms with Gasteiger partial charge in [-0.15, -0.1) is 0 Å². The fourth-order valence-corrected chi connectivity index (χ4v) is 3.10. The van der Waals surface area contributed by atoms with E-state index in [0.717, 1.165) is 0 Å². The SMILES string of the molecule is COc1ccc(N)cc1S(=O)(=O)NCc1c(C)noc1C. The summed E-state index contributed by atoms with van der Waals surface area (Å²) in [5.74, 6) is 0.810. The van der Waals surface area contributed by atoms with E-state index in [0.29, 0.717) is 22.7 Å². The van der Waals surface area contributed by atoms with Crippen LogP contribution in [0.15, 0.2) is 27.6 Å². The molecule has 0 amide bonds. The van der Waals surface area contributed by atoms with Gasteiger partial charge in [0, 0.05) is 17.8 Å². The summed E-state index contributed by atoms with van der Waals surface area (Å²) in [7, 11) is -2.36. The number of nitrogens with two attached hydrogens (primary N) is 1. The van der Waals surface area contributed by atoms with Crippen LogP contribution in [-0.2, 0) is 16.6 Å². The predicted molar refractivity (Wildman–Crippen MR) is 77.4 cm³/mol. The predicted octanol–water partition coefficient (Wildman–Crippen LogP) is 1.36. The summed E-state index contributed by atoms with van der Waals surface area (Å²) in [4.78, 5) is -0.00300. The first-order valence-electron chi connectivity index (χ1n) is 6.20. The van der Waals surface area contributed by atoms with Crippen LogP contribution in [0, 0.1) is 13.8 Å². The van der Waals surface area contributed by atoms with E-state index in [4.69, 9.17) is 15.0 Å². The van der Waals surface area contributed by atoms with Gasteiger partial charge in [0.05, 0.1) is 12.8 Å². The number of hydrogen-bond donors (Lipinski definition) is 2. The molecule has 7 nitrogen and oxygen atoms in total. The molecule has 0 saturated heterocycles. The van der Waals surface area contributed by atoms with Crippen molar-refractivity contribution >= 4 is 15.7 Å². The van der Waals surface area contributed by atoms with Gasteiger partial charge in [-0.1, -0.05) is 5.16 Å². The molecule has 0 radical (unpaired) electrons. The lowest BCUT2D eigenvalue weighted by Crippen LogP contribution is -2.24. The summed E-state index contributed by atoms with van der Waals surface area (Å²) in [5, 5.41) is 3.78. The van der Waals surface area contributed by atoms with Gasteiger partial charge in [-0.3, -0.25) is 0 Å². The molecule has 0 spiro atoms. The van der Waals surface area contributed by atoms with E-state index in [1.807, 2.05) is 0 Å². The second kappa shape index (κ2) is 5.74. The highest BCUT2D eigenvalue weighted by Gasteiger charge is 2.21. The first kappa shape index (κ1) is 15.3. The fourth-order valence-electron chi connectivity index (χ4n) is 1.90. The maximum Gasteiger partial charge on any atom is 0.244 e. The molecule has 0 bridgehead atoms. The highest BCUT2D eigenvalue weighted by atomic mass is 32.2. The molecule has 1 heterocycles. The largest absolute Gasteiger partial charge is 0.495 e. The van der Waals surface area contributed by atoms with Gasteiger partial charge < -0.3 is 15.0 Å². The highest BCUT2D eigenvalue weighted by molar-refractivity contribution is 7.89. The minimum atomic E-state index is -3.76. The molecule has 0 atom stereocenters. The molecule has 0 fully saturated rings. The summed E-state index contributed by atoms with van der Waals surface area (Å²) < 4.78 is 37.3. The van der Waals surface area contributed by atoms with Gasteiger partial charge in [-0.2, -0.15) is 0 Å². The molecule has 2 rings (SSSR count). The molecule has 0 aliphatic heterocycles. The number of ether oxygens (including phenoxy) is 1. The molecule has 21 heavy (non-hydrogen) atoms. The van der Waals surface area contributed by atoms with Gasteiger partial charge in [0.25, 0.3) is 0 Å². The van der Waals surface area contributed by atoms with Crippen LogP contribution < -0.4 is 15.2 Å². The van der Waals surface area contributed by atoms with E-state index in [-0.39, 0.29) is 17.2 Å². The van der Waals surface area contributed by atoms with Gasteiger partial charge >= 0.3 is 0 Å². The van der Waals surface area contributed by atoms with E-state index in [1.54, 1.807) is 19.9 Å². The Bertz CT molecular complexity index is 733. The summed E-state index contributed by atoms with van der Waals surface area (Å²) >= 11 is 0. The minimum Gasteiger partial charge on any atom is -0.495 e. The summed E-state index contributed by atoms with van der Waals surface area (Å²) in [6.07, 6.45) is 0. The number of methoxy groups -OCH3 is 1. The zero-order valence-corrected chi connectivity index (χ0v) is 12.8. The Kier molecular flexibility index (Phi) is 4.19. The molecule has 1 aromatic heterocycles. The van der Waals surface area contributed by atoms with Gasteiger partial charge in [-0.05, 0) is 32.0 Å². The number of nitrogens with zero attached hydrogens (tertiary/aromatic N) is 1. The third-order valence-electron chi connectivity index (χ3n) is 3.10. The number of aromatic nitrogens is 1. The van der Waals surface area contributed by atoms with Crippen molar-refractivity contribution in [1.29, 1.82) is 0 Å². The monoisotopic (exact) mass is 311 g/mol. The van der Waals surface area contributed by atoms with Crippen LogP contribution in [0.25, 0.3) is 0 Å². The van der Waals surface area contributed by atoms with Crippen LogP contribution in [0.4, 0.5) is 5.69 Å². The van der Waals surface area contributed by atoms with Crippen molar-refractivity contribution < 1.29 is 17.7 Å². The highest BCUT2D eigenvalue weighted by Crippen LogP contribution is 2.26. The number of hydrogen-bond acceptors (Lipinski definition) is 6. The van der Waals surface area contributed by atoms with Gasteiger partial charge in [0.2, 0.25) is 10.0 Å². The molecule has 0 saturated carbocycles. The molecular formula is C13H17N3O4S. The van der Waals surface area contributed by atoms with Gasteiger partial charge in [0.1, 0.15) is 16.4 Å². The normalized spacial score (nSPS) is 11.6. The third-order valence-corrected chi connectivity index (χ3v) is 4.52. The van der Waals surface area contributed by atoms with Crippen LogP contribution >= 0.6 is 0 Å². The van der Waals surface area contributed by atoms with Crippen molar-refractivity contribution in [1.82, 2.24) is 9.88 Å². The molecule has 8 heteroatoms. The van der Waals surface area contributed by atoms with Crippen LogP contribution in [-0.4, -0.2) is 20.7 Å². The second-order valence-electron chi connectivity index (χ2n) is 4.54. The molecule has 0 unspecified atom stereocenters. The van der Waals surface area contributed by atoms with E-state index >= 15 is 0 Å². The zero-order chi connectivity index (χ0) is 15.6. The molecule has 0 aliphatic carbocycles. The summed E-state index contributed by atoms with van der Waals surface area (Å²) in [5.41, 5.74) is 7.34. The van der Waals surface area contributed by atoms with E-state index in [1.165, 1.54) is 19.2 Å². The van der Waals surface area contributed by atoms with Crippen molar-refractivity contribution in [2.45, 2.75) is 25.3 Å². The quantitative estimate of drug-likeness (QED) is 0.807. The number of nitrogen functional groups attached to an aromatic ring is 1. The number of anilines is 1. The van der Waals surface area contributed by atoms with E-state index in [2.05, 4.69) is 9.88 Å². The Morgan fingerprint density at radius 3 is 2.67 bits per heavy atom. The van der Waals surface area contributed by atoms with E-state index in [9.17, 15) is 8.42 Å². The number of aryl methyl sites for hydroxylation is 2. The lowest BCUT2D eigenvalue weighted by atomic mass is 10.2. The topological polar surface area (TPSA) is 107 Å². The first-order chi connectivity index (χ1) is 9.85. The summed E-state index contributed by atoms with van der Waals surface area (Å²) in [6.45, 7) is 3.56. The lowest BCUT2D eigenvalue weighted by Gasteiger charge is -2.11. The molecule has 3 N–H and O–H groups in total. The average Bonchev–Trinajstić information content (AvgIpc) is 2.76. The molecule has 0 aliphatic rings. The van der Waals surface area contributed by atoms with Gasteiger partial charge in [0.15, 0.2) is 0 Å². The van der Waals surface area contributed by atoms with Crippen LogP contribution in [0.5, 0.6) is 5.75 Å². The van der Waals surface area contributed by atoms with Crippen LogP contribution in [0.2, 0.25) is 0 Å². The molecule has 1 aromatic carbocycles. The zero-order valence-electron chi connectivity index (χ0n) is 12.0.